The van der Waals surface area contributed by atoms with Gasteiger partial charge in [0.15, 0.2) is 12.6 Å². The topological polar surface area (TPSA) is 317 Å². The minimum Gasteiger partial charge on any atom is -0.444 e. The molecule has 23 heteroatoms. The van der Waals surface area contributed by atoms with E-state index in [0.717, 1.165) is 4.90 Å². The first-order chi connectivity index (χ1) is 30.6. The molecular formula is C44H78N6O17. The van der Waals surface area contributed by atoms with E-state index in [1.54, 1.807) is 83.1 Å². The molecule has 10 N–H and O–H groups in total. The number of nitrogens with two attached hydrogens (primary N) is 1. The molecule has 0 radical (unpaired) electrons. The number of alkyl carbamates (subject to hydrolysis) is 3. The fraction of sp³-hybridized carbons (Fsp3) is 0.886. The third-order valence-electron chi connectivity index (χ3n) is 11.2. The number of fused-ring (bicyclic) bond motifs is 1. The van der Waals surface area contributed by atoms with Crippen LogP contribution in [0.4, 0.5) is 19.2 Å². The Kier molecular flexibility index (Phi) is 17.9. The highest BCUT2D eigenvalue weighted by Gasteiger charge is 2.59. The predicted octanol–water partition coefficient (Wildman–Crippen LogP) is 1.09. The quantitative estimate of drug-likeness (QED) is 0.117. The molecule has 23 nitrogen and oxygen atoms in total. The molecule has 2 aliphatic heterocycles. The van der Waals surface area contributed by atoms with Crippen molar-refractivity contribution < 1.29 is 82.3 Å². The van der Waals surface area contributed by atoms with Gasteiger partial charge in [-0.25, -0.2) is 19.2 Å². The summed E-state index contributed by atoms with van der Waals surface area (Å²) in [5.74, 6) is -1.04. The second kappa shape index (κ2) is 21.5. The maximum Gasteiger partial charge on any atom is 0.410 e. The Morgan fingerprint density at radius 2 is 1.22 bits per heavy atom. The van der Waals surface area contributed by atoms with E-state index in [0.29, 0.717) is 6.42 Å². The van der Waals surface area contributed by atoms with Gasteiger partial charge in [-0.1, -0.05) is 0 Å². The zero-order chi connectivity index (χ0) is 50.8. The number of hydrogen-bond donors (Lipinski definition) is 9. The van der Waals surface area contributed by atoms with Crippen molar-refractivity contribution in [3.63, 3.8) is 0 Å². The monoisotopic (exact) mass is 963 g/mol. The molecule has 15 atom stereocenters. The summed E-state index contributed by atoms with van der Waals surface area (Å²) in [5.41, 5.74) is 0.617. The average Bonchev–Trinajstić information content (AvgIpc) is 3.83. The molecule has 0 aromatic rings. The summed E-state index contributed by atoms with van der Waals surface area (Å²) in [6, 6.07) is -4.77. The van der Waals surface area contributed by atoms with Gasteiger partial charge in [0.1, 0.15) is 58.5 Å². The van der Waals surface area contributed by atoms with Crippen LogP contribution in [-0.2, 0) is 42.7 Å². The van der Waals surface area contributed by atoms with Gasteiger partial charge in [0.25, 0.3) is 0 Å². The first-order valence-electron chi connectivity index (χ1n) is 22.9. The molecule has 0 aromatic carbocycles. The number of likely N-dealkylation sites (N-methyl/N-ethyl adjacent to an activating group) is 1. The lowest BCUT2D eigenvalue weighted by atomic mass is 9.82. The molecule has 67 heavy (non-hydrogen) atoms. The van der Waals surface area contributed by atoms with Gasteiger partial charge in [-0.15, -0.1) is 0 Å². The van der Waals surface area contributed by atoms with Gasteiger partial charge >= 0.3 is 24.4 Å². The van der Waals surface area contributed by atoms with Gasteiger partial charge in [-0.2, -0.15) is 0 Å². The number of aliphatic hydroxyl groups is 4. The van der Waals surface area contributed by atoms with Crippen LogP contribution in [-0.4, -0.2) is 184 Å². The number of carbonyl (C=O) groups excluding carboxylic acids is 5. The molecule has 0 bridgehead atoms. The second-order valence-corrected chi connectivity index (χ2v) is 22.1. The van der Waals surface area contributed by atoms with E-state index >= 15 is 0 Å². The van der Waals surface area contributed by atoms with Gasteiger partial charge < -0.3 is 90.2 Å². The highest BCUT2D eigenvalue weighted by molar-refractivity contribution is 5.81. The minimum atomic E-state index is -1.86. The number of nitrogens with one attached hydrogen (secondary N) is 4. The van der Waals surface area contributed by atoms with Gasteiger partial charge in [0, 0.05) is 19.5 Å². The van der Waals surface area contributed by atoms with Crippen molar-refractivity contribution in [3.8, 4) is 0 Å². The van der Waals surface area contributed by atoms with Crippen LogP contribution in [0.25, 0.3) is 0 Å². The van der Waals surface area contributed by atoms with E-state index in [2.05, 4.69) is 21.3 Å². The van der Waals surface area contributed by atoms with Crippen LogP contribution in [0.15, 0.2) is 0 Å². The number of ether oxygens (including phenoxy) is 8. The molecule has 2 aliphatic carbocycles. The van der Waals surface area contributed by atoms with Crippen LogP contribution in [0.1, 0.15) is 109 Å². The fourth-order valence-corrected chi connectivity index (χ4v) is 8.40. The molecule has 2 saturated heterocycles. The van der Waals surface area contributed by atoms with Crippen molar-refractivity contribution in [1.82, 2.24) is 26.2 Å². The lowest BCUT2D eigenvalue weighted by Gasteiger charge is -2.50. The Labute approximate surface area is 393 Å². The normalized spacial score (nSPS) is 33.7. The van der Waals surface area contributed by atoms with Crippen molar-refractivity contribution >= 4 is 30.3 Å². The largest absolute Gasteiger partial charge is 0.444 e. The van der Waals surface area contributed by atoms with E-state index in [1.165, 1.54) is 14.0 Å². The molecular weight excluding hydrogens is 885 g/mol. The smallest absolute Gasteiger partial charge is 0.410 e. The first kappa shape index (κ1) is 55.8. The summed E-state index contributed by atoms with van der Waals surface area (Å²) in [7, 11) is 1.32. The molecule has 5 amide bonds. The number of amides is 5. The number of nitrogens with zero attached hydrogens (tertiary/aromatic N) is 1. The molecule has 4 aliphatic rings. The molecule has 14 unspecified atom stereocenters. The molecule has 4 rings (SSSR count). The third-order valence-corrected chi connectivity index (χ3v) is 11.2. The van der Waals surface area contributed by atoms with Crippen molar-refractivity contribution in [3.05, 3.63) is 0 Å². The van der Waals surface area contributed by atoms with Crippen LogP contribution in [0.3, 0.4) is 0 Å². The van der Waals surface area contributed by atoms with E-state index in [-0.39, 0.29) is 43.9 Å². The maximum atomic E-state index is 13.8. The average molecular weight is 963 g/mol. The molecule has 2 heterocycles. The molecule has 0 aromatic heterocycles. The molecule has 2 saturated carbocycles. The lowest BCUT2D eigenvalue weighted by molar-refractivity contribution is -0.313. The van der Waals surface area contributed by atoms with Crippen molar-refractivity contribution in [1.29, 1.82) is 0 Å². The number of aliphatic hydroxyl groups excluding tert-OH is 3. The Hall–Kier alpha value is -3.81. The van der Waals surface area contributed by atoms with Gasteiger partial charge in [0.2, 0.25) is 5.91 Å². The van der Waals surface area contributed by atoms with Crippen LogP contribution < -0.4 is 27.0 Å². The van der Waals surface area contributed by atoms with Crippen molar-refractivity contribution in [2.75, 3.05) is 26.7 Å². The summed E-state index contributed by atoms with van der Waals surface area (Å²) in [4.78, 5) is 66.9. The number of carbonyl (C=O) groups is 5. The van der Waals surface area contributed by atoms with Crippen molar-refractivity contribution in [2.45, 2.75) is 211 Å². The first-order valence-corrected chi connectivity index (χ1v) is 22.9. The highest BCUT2D eigenvalue weighted by atomic mass is 16.7. The summed E-state index contributed by atoms with van der Waals surface area (Å²) in [6.07, 6.45) is -15.3. The molecule has 4 fully saturated rings. The summed E-state index contributed by atoms with van der Waals surface area (Å²) in [6.45, 7) is 21.0. The predicted molar refractivity (Wildman–Crippen MR) is 237 cm³/mol. The van der Waals surface area contributed by atoms with Crippen LogP contribution in [0, 0.1) is 11.8 Å². The molecule has 0 spiro atoms. The Balaban J connectivity index is 1.72. The number of hydrogen-bond acceptors (Lipinski definition) is 18. The van der Waals surface area contributed by atoms with Crippen LogP contribution >= 0.6 is 0 Å². The summed E-state index contributed by atoms with van der Waals surface area (Å²) >= 11 is 0. The standard InChI is InChI=1S/C44H78N6O17/c1-40(2,3)64-36(55)46-16-15-26(51)33(54)47-23-18-24(48-37(56)65-41(4,5)6)31(62-34-25(49-38(57)66-42(7,8)9)17-21-22(19-45)29(21)61-34)27(52)30(23)63-35-28(53)32(44(13,59)20-60-35)50(14)39(58)67-43(10,11)12/h21-32,34-35,51-53,59H,15-20,45H2,1-14H3,(H,46,55)(H,47,54)(H,48,56)(H,49,57)/t21?,22?,23?,24?,25?,26?,27?,28?,29-,30?,31?,32?,34?,35?,44?/m1/s1. The molecule has 386 valence electrons. The Morgan fingerprint density at radius 3 is 1.75 bits per heavy atom. The van der Waals surface area contributed by atoms with E-state index < -0.39 is 132 Å². The zero-order valence-corrected chi connectivity index (χ0v) is 41.4. The Bertz CT molecular complexity index is 1730. The maximum absolute atomic E-state index is 13.8. The second-order valence-electron chi connectivity index (χ2n) is 22.1. The van der Waals surface area contributed by atoms with E-state index in [1.807, 2.05) is 0 Å². The van der Waals surface area contributed by atoms with Crippen LogP contribution in [0.5, 0.6) is 0 Å². The van der Waals surface area contributed by atoms with Gasteiger partial charge in [-0.05, 0) is 122 Å². The van der Waals surface area contributed by atoms with Crippen molar-refractivity contribution in [2.24, 2.45) is 17.6 Å². The highest BCUT2D eigenvalue weighted by Crippen LogP contribution is 2.49. The van der Waals surface area contributed by atoms with Crippen LogP contribution in [0.2, 0.25) is 0 Å². The zero-order valence-electron chi connectivity index (χ0n) is 41.4. The lowest BCUT2D eigenvalue weighted by Crippen LogP contribution is -2.71. The SMILES string of the molecule is CN(C(=O)OC(C)(C)C)C1C(O)C(OC2C(NC(=O)C(O)CCNC(=O)OC(C)(C)C)CC(NC(=O)OC(C)(C)C)C(OC3O[C@H]4C(CN)C4CC3NC(=O)OC(C)(C)C)C2O)OCC1(C)O. The Morgan fingerprint density at radius 1 is 0.731 bits per heavy atom. The van der Waals surface area contributed by atoms with E-state index in [9.17, 15) is 44.4 Å². The summed E-state index contributed by atoms with van der Waals surface area (Å²) in [5, 5.41) is 57.5. The minimum absolute atomic E-state index is 0.0212. The fourth-order valence-electron chi connectivity index (χ4n) is 8.40. The van der Waals surface area contributed by atoms with Gasteiger partial charge in [0.05, 0.1) is 36.9 Å². The third kappa shape index (κ3) is 16.1. The van der Waals surface area contributed by atoms with Gasteiger partial charge in [-0.3, -0.25) is 4.79 Å². The summed E-state index contributed by atoms with van der Waals surface area (Å²) < 4.78 is 47.0. The number of rotatable bonds is 13. The van der Waals surface area contributed by atoms with E-state index in [4.69, 9.17) is 43.6 Å².